The summed E-state index contributed by atoms with van der Waals surface area (Å²) in [6.45, 7) is 5.01. The van der Waals surface area contributed by atoms with Gasteiger partial charge in [0.05, 0.1) is 10.2 Å². The van der Waals surface area contributed by atoms with Crippen molar-refractivity contribution in [2.45, 2.75) is 32.7 Å². The van der Waals surface area contributed by atoms with E-state index in [9.17, 15) is 4.79 Å². The minimum absolute atomic E-state index is 0.234. The fourth-order valence-electron chi connectivity index (χ4n) is 3.84. The van der Waals surface area contributed by atoms with Crippen molar-refractivity contribution in [3.8, 4) is 10.8 Å². The van der Waals surface area contributed by atoms with E-state index in [1.807, 2.05) is 30.3 Å². The molecule has 3 heterocycles. The van der Waals surface area contributed by atoms with Gasteiger partial charge in [-0.2, -0.15) is 0 Å². The van der Waals surface area contributed by atoms with Crippen LogP contribution in [0.2, 0.25) is 0 Å². The van der Waals surface area contributed by atoms with Gasteiger partial charge in [0.1, 0.15) is 12.3 Å². The second-order valence-electron chi connectivity index (χ2n) is 7.55. The molecule has 1 amide bonds. The Morgan fingerprint density at radius 3 is 3.03 bits per heavy atom. The van der Waals surface area contributed by atoms with Crippen LogP contribution in [0.1, 0.15) is 31.9 Å². The number of aliphatic imine (C=N–C) groups is 1. The lowest BCUT2D eigenvalue weighted by Gasteiger charge is -2.34. The molecular formula is C22H27N5O2S. The number of hydrogen-bond donors (Lipinski definition) is 2. The molecule has 7 nitrogen and oxygen atoms in total. The van der Waals surface area contributed by atoms with Gasteiger partial charge in [0.25, 0.3) is 0 Å². The first kappa shape index (κ1) is 20.4. The van der Waals surface area contributed by atoms with Gasteiger partial charge in [-0.1, -0.05) is 12.1 Å². The van der Waals surface area contributed by atoms with E-state index < -0.39 is 0 Å². The van der Waals surface area contributed by atoms with Gasteiger partial charge in [0.15, 0.2) is 16.7 Å². The quantitative estimate of drug-likeness (QED) is 0.464. The Hall–Kier alpha value is -2.87. The number of hydrogen-bond acceptors (Lipinski definition) is 5. The normalized spacial score (nSPS) is 17.4. The Kier molecular flexibility index (Phi) is 6.32. The highest BCUT2D eigenvalue weighted by atomic mass is 32.1. The smallest absolute Gasteiger partial charge is 0.217 e. The standard InChI is InChI=1S/C22H27N5O2S/c1-2-24-22(27-11-5-6-15(14-27)12-20(23)28)25-13-16-9-10-18(29-16)21-26-17-7-3-4-8-19(17)30-21/h3-4,7-10,15H,2,5-6,11-14H2,1H3,(H2,23,28)(H,24,25). The van der Waals surface area contributed by atoms with Gasteiger partial charge in [-0.25, -0.2) is 9.98 Å². The summed E-state index contributed by atoms with van der Waals surface area (Å²) in [5.41, 5.74) is 6.38. The SMILES string of the molecule is CCNC(=NCc1ccc(-c2nc3ccccc3s2)o1)N1CCCC(CC(N)=O)C1. The lowest BCUT2D eigenvalue weighted by atomic mass is 9.95. The topological polar surface area (TPSA) is 96.8 Å². The van der Waals surface area contributed by atoms with Gasteiger partial charge in [0, 0.05) is 26.1 Å². The van der Waals surface area contributed by atoms with E-state index in [2.05, 4.69) is 28.2 Å². The van der Waals surface area contributed by atoms with Crippen LogP contribution in [-0.4, -0.2) is 41.4 Å². The molecule has 1 aliphatic rings. The summed E-state index contributed by atoms with van der Waals surface area (Å²) in [6, 6.07) is 12.0. The van der Waals surface area contributed by atoms with Crippen molar-refractivity contribution in [3.63, 3.8) is 0 Å². The molecule has 0 saturated carbocycles. The lowest BCUT2D eigenvalue weighted by molar-refractivity contribution is -0.119. The number of thiazole rings is 1. The number of carbonyl (C=O) groups excluding carboxylic acids is 1. The fourth-order valence-corrected chi connectivity index (χ4v) is 4.77. The molecule has 1 aliphatic heterocycles. The van der Waals surface area contributed by atoms with Gasteiger partial charge in [-0.3, -0.25) is 4.79 Å². The van der Waals surface area contributed by atoms with Crippen molar-refractivity contribution in [3.05, 3.63) is 42.2 Å². The molecule has 0 radical (unpaired) electrons. The molecule has 3 N–H and O–H groups in total. The van der Waals surface area contributed by atoms with Crippen molar-refractivity contribution >= 4 is 33.4 Å². The number of nitrogens with two attached hydrogens (primary N) is 1. The molecule has 1 unspecified atom stereocenters. The number of aromatic nitrogens is 1. The summed E-state index contributed by atoms with van der Waals surface area (Å²) in [4.78, 5) is 23.0. The first-order valence-electron chi connectivity index (χ1n) is 10.4. The zero-order valence-corrected chi connectivity index (χ0v) is 18.0. The molecule has 8 heteroatoms. The second kappa shape index (κ2) is 9.30. The zero-order valence-electron chi connectivity index (χ0n) is 17.1. The van der Waals surface area contributed by atoms with Gasteiger partial charge in [-0.15, -0.1) is 11.3 Å². The number of benzene rings is 1. The summed E-state index contributed by atoms with van der Waals surface area (Å²) in [5.74, 6) is 2.47. The molecule has 158 valence electrons. The van der Waals surface area contributed by atoms with E-state index >= 15 is 0 Å². The first-order valence-corrected chi connectivity index (χ1v) is 11.2. The van der Waals surface area contributed by atoms with Crippen molar-refractivity contribution in [1.82, 2.24) is 15.2 Å². The number of nitrogens with one attached hydrogen (secondary N) is 1. The Labute approximate surface area is 180 Å². The van der Waals surface area contributed by atoms with Gasteiger partial charge in [-0.05, 0) is 49.9 Å². The van der Waals surface area contributed by atoms with Crippen molar-refractivity contribution in [2.75, 3.05) is 19.6 Å². The molecule has 1 fully saturated rings. The van der Waals surface area contributed by atoms with Crippen LogP contribution in [0.4, 0.5) is 0 Å². The summed E-state index contributed by atoms with van der Waals surface area (Å²) < 4.78 is 7.17. The Morgan fingerprint density at radius 2 is 2.23 bits per heavy atom. The predicted octanol–water partition coefficient (Wildman–Crippen LogP) is 3.61. The van der Waals surface area contributed by atoms with E-state index in [1.54, 1.807) is 11.3 Å². The number of guanidine groups is 1. The molecular weight excluding hydrogens is 398 g/mol. The maximum absolute atomic E-state index is 11.3. The van der Waals surface area contributed by atoms with Crippen molar-refractivity contribution < 1.29 is 9.21 Å². The monoisotopic (exact) mass is 425 g/mol. The molecule has 1 atom stereocenters. The van der Waals surface area contributed by atoms with Crippen molar-refractivity contribution in [1.29, 1.82) is 0 Å². The molecule has 1 aromatic carbocycles. The number of carbonyl (C=O) groups is 1. The van der Waals surface area contributed by atoms with Crippen LogP contribution in [-0.2, 0) is 11.3 Å². The Bertz CT molecular complexity index is 1010. The van der Waals surface area contributed by atoms with Crippen LogP contribution in [0.15, 0.2) is 45.8 Å². The molecule has 0 spiro atoms. The highest BCUT2D eigenvalue weighted by Crippen LogP contribution is 2.31. The third-order valence-corrected chi connectivity index (χ3v) is 6.25. The number of piperidine rings is 1. The second-order valence-corrected chi connectivity index (χ2v) is 8.58. The number of likely N-dealkylation sites (tertiary alicyclic amines) is 1. The number of fused-ring (bicyclic) bond motifs is 1. The molecule has 4 rings (SSSR count). The first-order chi connectivity index (χ1) is 14.6. The third-order valence-electron chi connectivity index (χ3n) is 5.19. The summed E-state index contributed by atoms with van der Waals surface area (Å²) in [6.07, 6.45) is 2.49. The van der Waals surface area contributed by atoms with Crippen molar-refractivity contribution in [2.24, 2.45) is 16.6 Å². The van der Waals surface area contributed by atoms with Gasteiger partial charge in [0.2, 0.25) is 5.91 Å². The summed E-state index contributed by atoms with van der Waals surface area (Å²) >= 11 is 1.62. The Balaban J connectivity index is 1.46. The number of nitrogens with zero attached hydrogens (tertiary/aromatic N) is 3. The molecule has 1 saturated heterocycles. The third kappa shape index (κ3) is 4.81. The number of para-hydroxylation sites is 1. The Morgan fingerprint density at radius 1 is 1.37 bits per heavy atom. The number of amides is 1. The maximum Gasteiger partial charge on any atom is 0.217 e. The van der Waals surface area contributed by atoms with E-state index in [1.165, 1.54) is 0 Å². The van der Waals surface area contributed by atoms with Gasteiger partial charge < -0.3 is 20.4 Å². The van der Waals surface area contributed by atoms with Crippen LogP contribution in [0.25, 0.3) is 21.0 Å². The van der Waals surface area contributed by atoms with E-state index in [0.717, 1.165) is 65.2 Å². The average Bonchev–Trinajstić information content (AvgIpc) is 3.37. The van der Waals surface area contributed by atoms with E-state index in [4.69, 9.17) is 15.1 Å². The highest BCUT2D eigenvalue weighted by molar-refractivity contribution is 7.21. The zero-order chi connectivity index (χ0) is 20.9. The highest BCUT2D eigenvalue weighted by Gasteiger charge is 2.23. The van der Waals surface area contributed by atoms with Crippen LogP contribution >= 0.6 is 11.3 Å². The molecule has 0 bridgehead atoms. The molecule has 30 heavy (non-hydrogen) atoms. The summed E-state index contributed by atoms with van der Waals surface area (Å²) in [5, 5.41) is 4.24. The van der Waals surface area contributed by atoms with Crippen LogP contribution in [0, 0.1) is 5.92 Å². The number of furan rings is 1. The van der Waals surface area contributed by atoms with Gasteiger partial charge >= 0.3 is 0 Å². The number of rotatable bonds is 6. The van der Waals surface area contributed by atoms with Crippen LogP contribution in [0.3, 0.4) is 0 Å². The average molecular weight is 426 g/mol. The minimum atomic E-state index is -0.234. The number of primary amides is 1. The molecule has 3 aromatic rings. The maximum atomic E-state index is 11.3. The molecule has 0 aliphatic carbocycles. The summed E-state index contributed by atoms with van der Waals surface area (Å²) in [7, 11) is 0. The van der Waals surface area contributed by atoms with E-state index in [0.29, 0.717) is 13.0 Å². The lowest BCUT2D eigenvalue weighted by Crippen LogP contribution is -2.47. The predicted molar refractivity (Wildman–Crippen MR) is 120 cm³/mol. The molecule has 2 aromatic heterocycles. The van der Waals surface area contributed by atoms with E-state index in [-0.39, 0.29) is 11.8 Å². The largest absolute Gasteiger partial charge is 0.457 e. The van der Waals surface area contributed by atoms with Crippen LogP contribution in [0.5, 0.6) is 0 Å². The van der Waals surface area contributed by atoms with Crippen LogP contribution < -0.4 is 11.1 Å². The fraction of sp³-hybridized carbons (Fsp3) is 0.409. The minimum Gasteiger partial charge on any atom is -0.457 e.